The molecule has 0 spiro atoms. The van der Waals surface area contributed by atoms with Gasteiger partial charge < -0.3 is 15.2 Å². The highest BCUT2D eigenvalue weighted by Gasteiger charge is 2.35. The number of methoxy groups -OCH3 is 2. The summed E-state index contributed by atoms with van der Waals surface area (Å²) in [7, 11) is 3.45. The molecule has 0 aromatic heterocycles. The van der Waals surface area contributed by atoms with Crippen LogP contribution in [0.2, 0.25) is 0 Å². The van der Waals surface area contributed by atoms with E-state index in [4.69, 9.17) is 15.2 Å². The molecule has 0 saturated heterocycles. The van der Waals surface area contributed by atoms with Crippen LogP contribution in [0.4, 0.5) is 0 Å². The summed E-state index contributed by atoms with van der Waals surface area (Å²) in [4.78, 5) is 2.50. The minimum atomic E-state index is 0.0426. The van der Waals surface area contributed by atoms with Crippen molar-refractivity contribution < 1.29 is 9.47 Å². The number of hydrogen-bond donors (Lipinski definition) is 1. The van der Waals surface area contributed by atoms with Gasteiger partial charge in [0.2, 0.25) is 0 Å². The number of hydrogen-bond acceptors (Lipinski definition) is 4. The van der Waals surface area contributed by atoms with Crippen LogP contribution in [0, 0.1) is 0 Å². The summed E-state index contributed by atoms with van der Waals surface area (Å²) in [6.45, 7) is 6.16. The highest BCUT2D eigenvalue weighted by atomic mass is 16.5. The topological polar surface area (TPSA) is 47.7 Å². The third kappa shape index (κ3) is 3.39. The first-order valence-electron chi connectivity index (χ1n) is 7.79. The van der Waals surface area contributed by atoms with E-state index < -0.39 is 0 Å². The molecule has 0 amide bonds. The van der Waals surface area contributed by atoms with Gasteiger partial charge in [0.15, 0.2) is 0 Å². The van der Waals surface area contributed by atoms with Crippen LogP contribution in [0.5, 0.6) is 5.75 Å². The molecule has 3 atom stereocenters. The SMILES string of the molecule is CCC(C)N(CCOC)C1Cc2ccc(OC)cc2C1N. The first-order chi connectivity index (χ1) is 10.1. The Morgan fingerprint density at radius 2 is 2.14 bits per heavy atom. The maximum absolute atomic E-state index is 6.54. The van der Waals surface area contributed by atoms with Crippen LogP contribution in [0.3, 0.4) is 0 Å². The lowest BCUT2D eigenvalue weighted by atomic mass is 10.0. The summed E-state index contributed by atoms with van der Waals surface area (Å²) >= 11 is 0. The highest BCUT2D eigenvalue weighted by molar-refractivity contribution is 5.42. The molecule has 2 rings (SSSR count). The second kappa shape index (κ2) is 7.25. The normalized spacial score (nSPS) is 22.4. The number of fused-ring (bicyclic) bond motifs is 1. The van der Waals surface area contributed by atoms with E-state index in [2.05, 4.69) is 30.9 Å². The van der Waals surface area contributed by atoms with Gasteiger partial charge in [-0.25, -0.2) is 0 Å². The highest BCUT2D eigenvalue weighted by Crippen LogP contribution is 2.36. The summed E-state index contributed by atoms with van der Waals surface area (Å²) in [5.41, 5.74) is 9.11. The minimum absolute atomic E-state index is 0.0426. The van der Waals surface area contributed by atoms with Crippen molar-refractivity contribution in [2.24, 2.45) is 5.73 Å². The Bertz CT molecular complexity index is 464. The minimum Gasteiger partial charge on any atom is -0.497 e. The lowest BCUT2D eigenvalue weighted by Gasteiger charge is -2.36. The van der Waals surface area contributed by atoms with Crippen molar-refractivity contribution in [2.45, 2.75) is 44.8 Å². The predicted molar refractivity (Wildman–Crippen MR) is 85.7 cm³/mol. The third-order valence-electron chi connectivity index (χ3n) is 4.69. The molecule has 0 bridgehead atoms. The first-order valence-corrected chi connectivity index (χ1v) is 7.79. The van der Waals surface area contributed by atoms with Crippen LogP contribution in [-0.4, -0.2) is 44.4 Å². The Hall–Kier alpha value is -1.10. The molecular weight excluding hydrogens is 264 g/mol. The molecule has 0 saturated carbocycles. The van der Waals surface area contributed by atoms with E-state index >= 15 is 0 Å². The molecular formula is C17H28N2O2. The van der Waals surface area contributed by atoms with Gasteiger partial charge in [-0.15, -0.1) is 0 Å². The zero-order valence-corrected chi connectivity index (χ0v) is 13.6. The fraction of sp³-hybridized carbons (Fsp3) is 0.647. The van der Waals surface area contributed by atoms with Crippen LogP contribution in [0.1, 0.15) is 37.4 Å². The van der Waals surface area contributed by atoms with E-state index in [1.165, 1.54) is 11.1 Å². The average Bonchev–Trinajstić information content (AvgIpc) is 2.84. The summed E-state index contributed by atoms with van der Waals surface area (Å²) in [6, 6.07) is 7.16. The summed E-state index contributed by atoms with van der Waals surface area (Å²) in [6.07, 6.45) is 2.13. The van der Waals surface area contributed by atoms with Crippen LogP contribution in [-0.2, 0) is 11.2 Å². The van der Waals surface area contributed by atoms with Crippen molar-refractivity contribution in [1.29, 1.82) is 0 Å². The molecule has 1 aliphatic rings. The summed E-state index contributed by atoms with van der Waals surface area (Å²) in [5.74, 6) is 0.886. The van der Waals surface area contributed by atoms with Crippen molar-refractivity contribution in [1.82, 2.24) is 4.90 Å². The predicted octanol–water partition coefficient (Wildman–Crippen LogP) is 2.37. The third-order valence-corrected chi connectivity index (χ3v) is 4.69. The number of nitrogens with zero attached hydrogens (tertiary/aromatic N) is 1. The molecule has 4 nitrogen and oxygen atoms in total. The maximum atomic E-state index is 6.54. The van der Waals surface area contributed by atoms with Crippen molar-refractivity contribution in [3.8, 4) is 5.75 Å². The molecule has 0 radical (unpaired) electrons. The molecule has 1 aromatic carbocycles. The Balaban J connectivity index is 2.20. The maximum Gasteiger partial charge on any atom is 0.119 e. The van der Waals surface area contributed by atoms with Crippen LogP contribution >= 0.6 is 0 Å². The number of ether oxygens (including phenoxy) is 2. The van der Waals surface area contributed by atoms with E-state index in [1.807, 2.05) is 6.07 Å². The largest absolute Gasteiger partial charge is 0.497 e. The summed E-state index contributed by atoms with van der Waals surface area (Å²) < 4.78 is 10.6. The molecule has 2 N–H and O–H groups in total. The Kier molecular flexibility index (Phi) is 5.62. The summed E-state index contributed by atoms with van der Waals surface area (Å²) in [5, 5.41) is 0. The zero-order chi connectivity index (χ0) is 15.4. The monoisotopic (exact) mass is 292 g/mol. The number of nitrogens with two attached hydrogens (primary N) is 1. The van der Waals surface area contributed by atoms with Crippen LogP contribution in [0.15, 0.2) is 18.2 Å². The molecule has 118 valence electrons. The van der Waals surface area contributed by atoms with Crippen molar-refractivity contribution in [2.75, 3.05) is 27.4 Å². The van der Waals surface area contributed by atoms with E-state index in [-0.39, 0.29) is 6.04 Å². The van der Waals surface area contributed by atoms with E-state index in [0.717, 1.165) is 31.7 Å². The van der Waals surface area contributed by atoms with E-state index in [1.54, 1.807) is 14.2 Å². The molecule has 4 heteroatoms. The molecule has 21 heavy (non-hydrogen) atoms. The van der Waals surface area contributed by atoms with Gasteiger partial charge in [-0.1, -0.05) is 13.0 Å². The van der Waals surface area contributed by atoms with Gasteiger partial charge in [-0.3, -0.25) is 4.90 Å². The Morgan fingerprint density at radius 3 is 2.76 bits per heavy atom. The Labute approximate surface area is 128 Å². The van der Waals surface area contributed by atoms with E-state index in [0.29, 0.717) is 12.1 Å². The smallest absolute Gasteiger partial charge is 0.119 e. The molecule has 1 aliphatic carbocycles. The lowest BCUT2D eigenvalue weighted by molar-refractivity contribution is 0.0813. The molecule has 3 unspecified atom stereocenters. The molecule has 0 heterocycles. The van der Waals surface area contributed by atoms with Gasteiger partial charge in [0.1, 0.15) is 5.75 Å². The molecule has 0 fully saturated rings. The number of rotatable bonds is 7. The van der Waals surface area contributed by atoms with Gasteiger partial charge in [0, 0.05) is 31.8 Å². The Morgan fingerprint density at radius 1 is 1.38 bits per heavy atom. The average molecular weight is 292 g/mol. The van der Waals surface area contributed by atoms with Gasteiger partial charge in [0.25, 0.3) is 0 Å². The van der Waals surface area contributed by atoms with Gasteiger partial charge in [-0.2, -0.15) is 0 Å². The fourth-order valence-electron chi connectivity index (χ4n) is 3.22. The van der Waals surface area contributed by atoms with Crippen molar-refractivity contribution in [3.63, 3.8) is 0 Å². The molecule has 0 aliphatic heterocycles. The number of benzene rings is 1. The van der Waals surface area contributed by atoms with Gasteiger partial charge in [0.05, 0.1) is 13.7 Å². The van der Waals surface area contributed by atoms with Crippen LogP contribution in [0.25, 0.3) is 0 Å². The second-order valence-corrected chi connectivity index (χ2v) is 5.85. The van der Waals surface area contributed by atoms with E-state index in [9.17, 15) is 0 Å². The van der Waals surface area contributed by atoms with Crippen LogP contribution < -0.4 is 10.5 Å². The van der Waals surface area contributed by atoms with Crippen molar-refractivity contribution >= 4 is 0 Å². The lowest BCUT2D eigenvalue weighted by Crippen LogP contribution is -2.47. The molecule has 1 aromatic rings. The quantitative estimate of drug-likeness (QED) is 0.838. The standard InChI is InChI=1S/C17H28N2O2/c1-5-12(2)19(8-9-20-3)16-10-13-6-7-14(21-4)11-15(13)17(16)18/h6-7,11-12,16-17H,5,8-10,18H2,1-4H3. The van der Waals surface area contributed by atoms with Crippen molar-refractivity contribution in [3.05, 3.63) is 29.3 Å². The van der Waals surface area contributed by atoms with Gasteiger partial charge in [-0.05, 0) is 43.0 Å². The van der Waals surface area contributed by atoms with Gasteiger partial charge >= 0.3 is 0 Å². The zero-order valence-electron chi connectivity index (χ0n) is 13.6. The second-order valence-electron chi connectivity index (χ2n) is 5.85. The first kappa shape index (κ1) is 16.3. The fourth-order valence-corrected chi connectivity index (χ4v) is 3.22.